The van der Waals surface area contributed by atoms with Crippen LogP contribution in [0.15, 0.2) is 29.4 Å². The normalized spacial score (nSPS) is 15.5. The highest BCUT2D eigenvalue weighted by molar-refractivity contribution is 7.98. The van der Waals surface area contributed by atoms with Crippen LogP contribution in [0.25, 0.3) is 0 Å². The van der Waals surface area contributed by atoms with Crippen molar-refractivity contribution < 1.29 is 9.64 Å². The predicted octanol–water partition coefficient (Wildman–Crippen LogP) is 0.394. The largest absolute Gasteiger partial charge is 0.370 e. The molecule has 2 aromatic rings. The second-order valence-electron chi connectivity index (χ2n) is 5.55. The monoisotopic (exact) mass is 330 g/mol. The van der Waals surface area contributed by atoms with E-state index in [-0.39, 0.29) is 0 Å². The minimum absolute atomic E-state index is 0.722. The molecule has 1 aliphatic rings. The predicted molar refractivity (Wildman–Crippen MR) is 86.9 cm³/mol. The molecule has 0 amide bonds. The van der Waals surface area contributed by atoms with E-state index in [0.717, 1.165) is 60.7 Å². The first kappa shape index (κ1) is 16.0. The van der Waals surface area contributed by atoms with Crippen molar-refractivity contribution in [3.63, 3.8) is 0 Å². The molecule has 1 fully saturated rings. The number of ether oxygens (including phenoxy) is 1. The summed E-state index contributed by atoms with van der Waals surface area (Å²) in [4.78, 5) is 1.48. The average Bonchev–Trinajstić information content (AvgIpc) is 2.94. The summed E-state index contributed by atoms with van der Waals surface area (Å²) >= 11 is 1.62. The Labute approximate surface area is 140 Å². The minimum atomic E-state index is 0.722. The SMILES string of the molecule is Cn1c(C[NH+]2CCOCC2)nnc1SCc1ccccc1C#N. The number of nitrogens with one attached hydrogen (secondary N) is 1. The molecule has 2 heterocycles. The summed E-state index contributed by atoms with van der Waals surface area (Å²) < 4.78 is 7.45. The molecule has 120 valence electrons. The summed E-state index contributed by atoms with van der Waals surface area (Å²) in [7, 11) is 2.01. The van der Waals surface area contributed by atoms with Gasteiger partial charge in [-0.3, -0.25) is 0 Å². The van der Waals surface area contributed by atoms with Gasteiger partial charge in [-0.05, 0) is 11.6 Å². The van der Waals surface area contributed by atoms with Crippen LogP contribution in [0.4, 0.5) is 0 Å². The van der Waals surface area contributed by atoms with Crippen molar-refractivity contribution in [3.05, 3.63) is 41.2 Å². The van der Waals surface area contributed by atoms with Gasteiger partial charge < -0.3 is 14.2 Å². The fraction of sp³-hybridized carbons (Fsp3) is 0.438. The molecule has 0 spiro atoms. The van der Waals surface area contributed by atoms with E-state index in [1.165, 1.54) is 4.90 Å². The summed E-state index contributed by atoms with van der Waals surface area (Å²) in [5.41, 5.74) is 1.75. The zero-order valence-electron chi connectivity index (χ0n) is 13.2. The van der Waals surface area contributed by atoms with E-state index in [1.807, 2.05) is 31.3 Å². The molecule has 23 heavy (non-hydrogen) atoms. The Kier molecular flexibility index (Phi) is 5.28. The van der Waals surface area contributed by atoms with E-state index >= 15 is 0 Å². The quantitative estimate of drug-likeness (QED) is 0.804. The molecule has 6 nitrogen and oxygen atoms in total. The molecular formula is C16H20N5OS+. The highest BCUT2D eigenvalue weighted by Gasteiger charge is 2.18. The molecule has 0 bridgehead atoms. The van der Waals surface area contributed by atoms with Crippen LogP contribution in [0.5, 0.6) is 0 Å². The standard InChI is InChI=1S/C16H19N5OS/c1-20-15(11-21-6-8-22-9-7-21)18-19-16(20)23-12-14-5-3-2-4-13(14)10-17/h2-5H,6-9,11-12H2,1H3/p+1. The summed E-state index contributed by atoms with van der Waals surface area (Å²) in [5, 5.41) is 18.7. The fourth-order valence-electron chi connectivity index (χ4n) is 2.58. The highest BCUT2D eigenvalue weighted by atomic mass is 32.2. The number of hydrogen-bond acceptors (Lipinski definition) is 5. The highest BCUT2D eigenvalue weighted by Crippen LogP contribution is 2.22. The van der Waals surface area contributed by atoms with Crippen molar-refractivity contribution in [3.8, 4) is 6.07 Å². The Balaban J connectivity index is 1.64. The topological polar surface area (TPSA) is 68.2 Å². The van der Waals surface area contributed by atoms with Gasteiger partial charge in [-0.15, -0.1) is 10.2 Å². The first-order chi connectivity index (χ1) is 11.3. The molecule has 1 saturated heterocycles. The number of nitrogens with zero attached hydrogens (tertiary/aromatic N) is 4. The van der Waals surface area contributed by atoms with Gasteiger partial charge in [-0.1, -0.05) is 30.0 Å². The van der Waals surface area contributed by atoms with Gasteiger partial charge in [0.25, 0.3) is 0 Å². The van der Waals surface area contributed by atoms with Crippen molar-refractivity contribution >= 4 is 11.8 Å². The summed E-state index contributed by atoms with van der Waals surface area (Å²) in [6.07, 6.45) is 0. The van der Waals surface area contributed by atoms with Crippen molar-refractivity contribution in [2.24, 2.45) is 7.05 Å². The van der Waals surface area contributed by atoms with Gasteiger partial charge in [0, 0.05) is 12.8 Å². The third-order valence-electron chi connectivity index (χ3n) is 4.03. The molecule has 0 saturated carbocycles. The molecule has 1 aromatic carbocycles. The maximum Gasteiger partial charge on any atom is 0.191 e. The van der Waals surface area contributed by atoms with Crippen LogP contribution in [0, 0.1) is 11.3 Å². The number of quaternary nitrogens is 1. The molecule has 7 heteroatoms. The van der Waals surface area contributed by atoms with Crippen LogP contribution >= 0.6 is 11.8 Å². The maximum absolute atomic E-state index is 9.15. The van der Waals surface area contributed by atoms with Crippen molar-refractivity contribution in [1.82, 2.24) is 14.8 Å². The molecule has 1 aromatic heterocycles. The van der Waals surface area contributed by atoms with Gasteiger partial charge in [0.1, 0.15) is 19.6 Å². The lowest BCUT2D eigenvalue weighted by Gasteiger charge is -2.23. The van der Waals surface area contributed by atoms with Gasteiger partial charge in [0.05, 0.1) is 24.8 Å². The van der Waals surface area contributed by atoms with E-state index in [2.05, 4.69) is 20.8 Å². The van der Waals surface area contributed by atoms with E-state index in [1.54, 1.807) is 11.8 Å². The molecule has 0 aliphatic carbocycles. The number of aromatic nitrogens is 3. The third kappa shape index (κ3) is 3.91. The van der Waals surface area contributed by atoms with Crippen molar-refractivity contribution in [1.29, 1.82) is 5.26 Å². The molecule has 3 rings (SSSR count). The van der Waals surface area contributed by atoms with Gasteiger partial charge >= 0.3 is 0 Å². The Hall–Kier alpha value is -1.88. The van der Waals surface area contributed by atoms with Gasteiger partial charge in [-0.2, -0.15) is 5.26 Å². The van der Waals surface area contributed by atoms with Crippen molar-refractivity contribution in [2.45, 2.75) is 17.5 Å². The van der Waals surface area contributed by atoms with Crippen LogP contribution < -0.4 is 4.90 Å². The first-order valence-corrected chi connectivity index (χ1v) is 8.67. The lowest BCUT2D eigenvalue weighted by atomic mass is 10.1. The van der Waals surface area contributed by atoms with E-state index in [4.69, 9.17) is 10.00 Å². The van der Waals surface area contributed by atoms with Crippen LogP contribution in [0.1, 0.15) is 17.0 Å². The Morgan fingerprint density at radius 3 is 2.87 bits per heavy atom. The third-order valence-corrected chi connectivity index (χ3v) is 5.10. The number of nitriles is 1. The van der Waals surface area contributed by atoms with Crippen LogP contribution in [-0.2, 0) is 24.1 Å². The number of rotatable bonds is 5. The minimum Gasteiger partial charge on any atom is -0.370 e. The summed E-state index contributed by atoms with van der Waals surface area (Å²) in [5.74, 6) is 1.72. The molecule has 0 atom stereocenters. The fourth-order valence-corrected chi connectivity index (χ4v) is 3.52. The molecule has 1 aliphatic heterocycles. The zero-order valence-corrected chi connectivity index (χ0v) is 14.0. The smallest absolute Gasteiger partial charge is 0.191 e. The van der Waals surface area contributed by atoms with Gasteiger partial charge in [0.2, 0.25) is 0 Å². The zero-order chi connectivity index (χ0) is 16.1. The van der Waals surface area contributed by atoms with Crippen molar-refractivity contribution in [2.75, 3.05) is 26.3 Å². The average molecular weight is 330 g/mol. The molecule has 0 unspecified atom stereocenters. The number of morpholine rings is 1. The van der Waals surface area contributed by atoms with E-state index < -0.39 is 0 Å². The number of thioether (sulfide) groups is 1. The number of hydrogen-bond donors (Lipinski definition) is 1. The second-order valence-corrected chi connectivity index (χ2v) is 6.50. The summed E-state index contributed by atoms with van der Waals surface area (Å²) in [6, 6.07) is 9.91. The Morgan fingerprint density at radius 1 is 1.30 bits per heavy atom. The lowest BCUT2D eigenvalue weighted by Crippen LogP contribution is -3.12. The van der Waals surface area contributed by atoms with Gasteiger partial charge in [-0.25, -0.2) is 0 Å². The molecule has 0 radical (unpaired) electrons. The second kappa shape index (κ2) is 7.59. The lowest BCUT2D eigenvalue weighted by molar-refractivity contribution is -0.922. The van der Waals surface area contributed by atoms with Gasteiger partial charge in [0.15, 0.2) is 11.0 Å². The Bertz CT molecular complexity index is 703. The van der Waals surface area contributed by atoms with Crippen LogP contribution in [0.3, 0.4) is 0 Å². The van der Waals surface area contributed by atoms with E-state index in [0.29, 0.717) is 0 Å². The van der Waals surface area contributed by atoms with Crippen LogP contribution in [-0.4, -0.2) is 41.1 Å². The number of benzene rings is 1. The Morgan fingerprint density at radius 2 is 2.09 bits per heavy atom. The van der Waals surface area contributed by atoms with E-state index in [9.17, 15) is 0 Å². The molecule has 1 N–H and O–H groups in total. The van der Waals surface area contributed by atoms with Crippen LogP contribution in [0.2, 0.25) is 0 Å². The maximum atomic E-state index is 9.15. The molecular weight excluding hydrogens is 310 g/mol. The first-order valence-electron chi connectivity index (χ1n) is 7.68. The summed E-state index contributed by atoms with van der Waals surface area (Å²) in [6.45, 7) is 4.55.